The molecule has 0 bridgehead atoms. The topological polar surface area (TPSA) is 80.5 Å². The summed E-state index contributed by atoms with van der Waals surface area (Å²) in [4.78, 5) is 18.8. The van der Waals surface area contributed by atoms with Crippen LogP contribution in [0.5, 0.6) is 0 Å². The lowest BCUT2D eigenvalue weighted by Gasteiger charge is -2.20. The summed E-state index contributed by atoms with van der Waals surface area (Å²) in [5, 5.41) is -0.339. The van der Waals surface area contributed by atoms with Gasteiger partial charge in [0.2, 0.25) is 14.9 Å². The van der Waals surface area contributed by atoms with Gasteiger partial charge >= 0.3 is 0 Å². The second-order valence-corrected chi connectivity index (χ2v) is 8.52. The molecule has 0 radical (unpaired) electrons. The summed E-state index contributed by atoms with van der Waals surface area (Å²) in [7, 11) is -3.91. The van der Waals surface area contributed by atoms with Crippen LogP contribution in [0.4, 0.5) is 10.2 Å². The van der Waals surface area contributed by atoms with Crippen molar-refractivity contribution in [2.75, 3.05) is 4.90 Å². The highest BCUT2D eigenvalue weighted by Crippen LogP contribution is 2.25. The molecule has 0 unspecified atom stereocenters. The van der Waals surface area contributed by atoms with E-state index >= 15 is 0 Å². The molecule has 31 heavy (non-hydrogen) atoms. The van der Waals surface area contributed by atoms with Crippen molar-refractivity contribution in [1.82, 2.24) is 4.98 Å². The molecular weight excluding hydrogens is 419 g/mol. The number of rotatable bonds is 6. The molecule has 0 aliphatic carbocycles. The lowest BCUT2D eigenvalue weighted by molar-refractivity contribution is 0.0952. The number of sulfone groups is 1. The van der Waals surface area contributed by atoms with Crippen molar-refractivity contribution in [1.29, 1.82) is 0 Å². The summed E-state index contributed by atoms with van der Waals surface area (Å²) in [5.74, 6) is -0.880. The molecule has 2 aromatic carbocycles. The van der Waals surface area contributed by atoms with Crippen LogP contribution in [0.3, 0.4) is 0 Å². The number of carbonyl (C=O) groups excluding carboxylic acids is 1. The van der Waals surface area contributed by atoms with Crippen LogP contribution >= 0.6 is 0 Å². The van der Waals surface area contributed by atoms with Crippen LogP contribution in [0.1, 0.15) is 16.1 Å². The van der Waals surface area contributed by atoms with Crippen molar-refractivity contribution < 1.29 is 22.0 Å². The lowest BCUT2D eigenvalue weighted by Crippen LogP contribution is -2.30. The maximum Gasteiger partial charge on any atom is 0.295 e. The minimum absolute atomic E-state index is 0.0229. The van der Waals surface area contributed by atoms with Crippen LogP contribution in [0.15, 0.2) is 106 Å². The van der Waals surface area contributed by atoms with Crippen molar-refractivity contribution in [3.8, 4) is 0 Å². The van der Waals surface area contributed by atoms with Crippen LogP contribution < -0.4 is 4.90 Å². The van der Waals surface area contributed by atoms with E-state index in [1.807, 2.05) is 0 Å². The maximum atomic E-state index is 13.6. The molecule has 0 aliphatic rings. The van der Waals surface area contributed by atoms with E-state index in [1.54, 1.807) is 48.5 Å². The van der Waals surface area contributed by atoms with E-state index in [0.717, 1.165) is 0 Å². The van der Waals surface area contributed by atoms with Gasteiger partial charge in [-0.15, -0.1) is 0 Å². The lowest BCUT2D eigenvalue weighted by atomic mass is 10.2. The Morgan fingerprint density at radius 2 is 1.71 bits per heavy atom. The molecule has 0 N–H and O–H groups in total. The summed E-state index contributed by atoms with van der Waals surface area (Å²) >= 11 is 0. The molecular formula is C23H17FN2O4S. The number of benzene rings is 2. The molecule has 156 valence electrons. The molecule has 2 aromatic heterocycles. The number of furan rings is 1. The van der Waals surface area contributed by atoms with Crippen molar-refractivity contribution in [3.05, 3.63) is 108 Å². The molecule has 2 heterocycles. The third-order valence-corrected chi connectivity index (χ3v) is 6.15. The summed E-state index contributed by atoms with van der Waals surface area (Å²) in [6, 6.07) is 21.2. The summed E-state index contributed by atoms with van der Waals surface area (Å²) in [6.07, 6.45) is 1.52. The summed E-state index contributed by atoms with van der Waals surface area (Å²) in [6.45, 7) is 0.0229. The second-order valence-electron chi connectivity index (χ2n) is 6.64. The molecule has 0 fully saturated rings. The maximum absolute atomic E-state index is 13.6. The van der Waals surface area contributed by atoms with Gasteiger partial charge in [0.25, 0.3) is 5.91 Å². The van der Waals surface area contributed by atoms with Crippen LogP contribution in [0.25, 0.3) is 0 Å². The third-order valence-electron chi connectivity index (χ3n) is 4.51. The number of carbonyl (C=O) groups is 1. The van der Waals surface area contributed by atoms with Gasteiger partial charge in [-0.05, 0) is 54.1 Å². The largest absolute Gasteiger partial charge is 0.439 e. The van der Waals surface area contributed by atoms with Crippen LogP contribution in [-0.4, -0.2) is 19.3 Å². The molecule has 0 saturated heterocycles. The fourth-order valence-corrected chi connectivity index (χ4v) is 4.21. The first-order chi connectivity index (χ1) is 14.9. The normalized spacial score (nSPS) is 11.3. The number of aromatic nitrogens is 1. The minimum Gasteiger partial charge on any atom is -0.439 e. The SMILES string of the molecule is O=C(c1ccc(S(=O)(=O)c2ccccc2)o1)N(Cc1cccc(F)c1)c1ccccn1. The number of nitrogens with zero attached hydrogens (tertiary/aromatic N) is 2. The fourth-order valence-electron chi connectivity index (χ4n) is 3.02. The van der Waals surface area contributed by atoms with Crippen molar-refractivity contribution in [2.24, 2.45) is 0 Å². The molecule has 0 aliphatic heterocycles. The standard InChI is InChI=1S/C23H17FN2O4S/c24-18-8-6-7-17(15-18)16-26(21-11-4-5-14-25-21)23(27)20-12-13-22(30-20)31(28,29)19-9-2-1-3-10-19/h1-15H,16H2. The number of anilines is 1. The molecule has 0 atom stereocenters. The quantitative estimate of drug-likeness (QED) is 0.445. The average molecular weight is 436 g/mol. The highest BCUT2D eigenvalue weighted by molar-refractivity contribution is 7.91. The van der Waals surface area contributed by atoms with Gasteiger partial charge in [-0.1, -0.05) is 36.4 Å². The predicted molar refractivity (Wildman–Crippen MR) is 112 cm³/mol. The number of hydrogen-bond donors (Lipinski definition) is 0. The zero-order valence-corrected chi connectivity index (χ0v) is 17.0. The van der Waals surface area contributed by atoms with E-state index in [0.29, 0.717) is 11.4 Å². The highest BCUT2D eigenvalue weighted by Gasteiger charge is 2.27. The number of hydrogen-bond acceptors (Lipinski definition) is 5. The van der Waals surface area contributed by atoms with Crippen molar-refractivity contribution >= 4 is 21.6 Å². The van der Waals surface area contributed by atoms with E-state index < -0.39 is 21.6 Å². The minimum atomic E-state index is -3.91. The van der Waals surface area contributed by atoms with Gasteiger partial charge in [0, 0.05) is 6.20 Å². The molecule has 1 amide bonds. The highest BCUT2D eigenvalue weighted by atomic mass is 32.2. The van der Waals surface area contributed by atoms with Gasteiger partial charge in [0.1, 0.15) is 11.6 Å². The van der Waals surface area contributed by atoms with Gasteiger partial charge in [-0.2, -0.15) is 0 Å². The molecule has 4 rings (SSSR count). The Labute approximate surface area is 178 Å². The predicted octanol–water partition coefficient (Wildman–Crippen LogP) is 4.49. The monoisotopic (exact) mass is 436 g/mol. The number of halogens is 1. The van der Waals surface area contributed by atoms with E-state index in [2.05, 4.69) is 4.98 Å². The Bertz CT molecular complexity index is 1310. The van der Waals surface area contributed by atoms with Gasteiger partial charge in [0.05, 0.1) is 11.4 Å². The number of amides is 1. The van der Waals surface area contributed by atoms with Crippen molar-refractivity contribution in [2.45, 2.75) is 16.5 Å². The zero-order valence-electron chi connectivity index (χ0n) is 16.2. The first-order valence-corrected chi connectivity index (χ1v) is 10.8. The van der Waals surface area contributed by atoms with E-state index in [4.69, 9.17) is 4.42 Å². The van der Waals surface area contributed by atoms with Crippen molar-refractivity contribution in [3.63, 3.8) is 0 Å². The number of pyridine rings is 1. The second kappa shape index (κ2) is 8.53. The Hall–Kier alpha value is -3.78. The van der Waals surface area contributed by atoms with E-state index in [9.17, 15) is 17.6 Å². The molecule has 4 aromatic rings. The first-order valence-electron chi connectivity index (χ1n) is 9.32. The molecule has 0 spiro atoms. The molecule has 8 heteroatoms. The average Bonchev–Trinajstić information content (AvgIpc) is 3.30. The molecule has 6 nitrogen and oxygen atoms in total. The Morgan fingerprint density at radius 3 is 2.42 bits per heavy atom. The molecule has 0 saturated carbocycles. The van der Waals surface area contributed by atoms with E-state index in [1.165, 1.54) is 47.5 Å². The van der Waals surface area contributed by atoms with E-state index in [-0.39, 0.29) is 22.3 Å². The van der Waals surface area contributed by atoms with Gasteiger partial charge < -0.3 is 4.42 Å². The van der Waals surface area contributed by atoms with Gasteiger partial charge in [-0.3, -0.25) is 9.69 Å². The zero-order chi connectivity index (χ0) is 21.8. The third kappa shape index (κ3) is 4.39. The summed E-state index contributed by atoms with van der Waals surface area (Å²) in [5.41, 5.74) is 0.544. The Kier molecular flexibility index (Phi) is 5.64. The van der Waals surface area contributed by atoms with Gasteiger partial charge in [-0.25, -0.2) is 17.8 Å². The Morgan fingerprint density at radius 1 is 0.935 bits per heavy atom. The fraction of sp³-hybridized carbons (Fsp3) is 0.0435. The van der Waals surface area contributed by atoms with Gasteiger partial charge in [0.15, 0.2) is 5.76 Å². The van der Waals surface area contributed by atoms with Crippen LogP contribution in [0, 0.1) is 5.82 Å². The Balaban J connectivity index is 1.68. The van der Waals surface area contributed by atoms with Crippen LogP contribution in [-0.2, 0) is 16.4 Å². The first kappa shape index (κ1) is 20.5. The smallest absolute Gasteiger partial charge is 0.295 e. The summed E-state index contributed by atoms with van der Waals surface area (Å²) < 4.78 is 44.6. The van der Waals surface area contributed by atoms with Crippen LogP contribution in [0.2, 0.25) is 0 Å².